The zero-order valence-corrected chi connectivity index (χ0v) is 9.70. The second-order valence-electron chi connectivity index (χ2n) is 4.66. The predicted octanol–water partition coefficient (Wildman–Crippen LogP) is 0.781. The van der Waals surface area contributed by atoms with E-state index in [1.807, 2.05) is 0 Å². The number of carboxylic acid groups (broad SMARTS) is 1. The van der Waals surface area contributed by atoms with Crippen LogP contribution in [0.1, 0.15) is 26.2 Å². The van der Waals surface area contributed by atoms with Gasteiger partial charge in [-0.3, -0.25) is 4.79 Å². The van der Waals surface area contributed by atoms with Crippen molar-refractivity contribution in [3.8, 4) is 0 Å². The lowest BCUT2D eigenvalue weighted by Gasteiger charge is -2.16. The molecule has 1 fully saturated rings. The van der Waals surface area contributed by atoms with Crippen LogP contribution in [0.5, 0.6) is 0 Å². The molecule has 0 aromatic heterocycles. The van der Waals surface area contributed by atoms with Crippen LogP contribution in [0.3, 0.4) is 0 Å². The molecule has 4 nitrogen and oxygen atoms in total. The third kappa shape index (κ3) is 5.14. The number of nitrogens with one attached hydrogen (secondary N) is 1. The van der Waals surface area contributed by atoms with Crippen LogP contribution >= 0.6 is 0 Å². The molecule has 2 atom stereocenters. The molecule has 0 aromatic carbocycles. The molecule has 2 N–H and O–H groups in total. The van der Waals surface area contributed by atoms with Crippen LogP contribution in [0.2, 0.25) is 0 Å². The highest BCUT2D eigenvalue weighted by Gasteiger charge is 2.19. The van der Waals surface area contributed by atoms with Gasteiger partial charge in [-0.1, -0.05) is 0 Å². The third-order valence-electron chi connectivity index (χ3n) is 3.04. The fraction of sp³-hybridized carbons (Fsp3) is 0.909. The molecule has 1 heterocycles. The van der Waals surface area contributed by atoms with Crippen molar-refractivity contribution >= 4 is 5.97 Å². The summed E-state index contributed by atoms with van der Waals surface area (Å²) in [5, 5.41) is 12.0. The first-order valence-corrected chi connectivity index (χ1v) is 5.71. The monoisotopic (exact) mass is 214 g/mol. The van der Waals surface area contributed by atoms with Gasteiger partial charge >= 0.3 is 5.97 Å². The maximum atomic E-state index is 10.4. The Hall–Kier alpha value is -0.610. The Morgan fingerprint density at radius 1 is 1.67 bits per heavy atom. The minimum absolute atomic E-state index is 0.263. The molecule has 4 heteroatoms. The molecule has 1 rings (SSSR count). The lowest BCUT2D eigenvalue weighted by atomic mass is 10.1. The summed E-state index contributed by atoms with van der Waals surface area (Å²) < 4.78 is 0. The number of aliphatic carboxylic acids is 1. The van der Waals surface area contributed by atoms with Crippen molar-refractivity contribution in [3.63, 3.8) is 0 Å². The van der Waals surface area contributed by atoms with Gasteiger partial charge in [-0.15, -0.1) is 0 Å². The molecule has 1 aliphatic heterocycles. The van der Waals surface area contributed by atoms with Crippen LogP contribution in [0.15, 0.2) is 0 Å². The van der Waals surface area contributed by atoms with E-state index in [2.05, 4.69) is 24.2 Å². The number of hydrogen-bond donors (Lipinski definition) is 2. The molecule has 0 aliphatic carbocycles. The molecular formula is C11H22N2O2. The van der Waals surface area contributed by atoms with E-state index in [-0.39, 0.29) is 6.42 Å². The molecule has 0 amide bonds. The Morgan fingerprint density at radius 2 is 2.40 bits per heavy atom. The fourth-order valence-corrected chi connectivity index (χ4v) is 2.00. The SMILES string of the molecule is CC(CCC(=O)O)NCC1CCN(C)C1. The van der Waals surface area contributed by atoms with E-state index in [0.29, 0.717) is 6.04 Å². The van der Waals surface area contributed by atoms with Crippen LogP contribution in [-0.2, 0) is 4.79 Å². The molecule has 0 saturated carbocycles. The first-order chi connectivity index (χ1) is 7.08. The van der Waals surface area contributed by atoms with E-state index in [1.54, 1.807) is 0 Å². The smallest absolute Gasteiger partial charge is 0.303 e. The van der Waals surface area contributed by atoms with Gasteiger partial charge in [-0.2, -0.15) is 0 Å². The van der Waals surface area contributed by atoms with Gasteiger partial charge in [0, 0.05) is 19.0 Å². The van der Waals surface area contributed by atoms with Crippen molar-refractivity contribution in [2.24, 2.45) is 5.92 Å². The zero-order chi connectivity index (χ0) is 11.3. The van der Waals surface area contributed by atoms with E-state index in [1.165, 1.54) is 19.5 Å². The molecule has 0 bridgehead atoms. The van der Waals surface area contributed by atoms with Gasteiger partial charge in [0.15, 0.2) is 0 Å². The minimum atomic E-state index is -0.704. The van der Waals surface area contributed by atoms with Crippen molar-refractivity contribution in [2.75, 3.05) is 26.7 Å². The normalized spacial score (nSPS) is 24.3. The van der Waals surface area contributed by atoms with E-state index in [0.717, 1.165) is 18.9 Å². The predicted molar refractivity (Wildman–Crippen MR) is 59.9 cm³/mol. The van der Waals surface area contributed by atoms with Gasteiger partial charge in [0.05, 0.1) is 0 Å². The number of hydrogen-bond acceptors (Lipinski definition) is 3. The summed E-state index contributed by atoms with van der Waals surface area (Å²) in [6.07, 6.45) is 2.24. The highest BCUT2D eigenvalue weighted by atomic mass is 16.4. The summed E-state index contributed by atoms with van der Waals surface area (Å²) in [4.78, 5) is 12.7. The van der Waals surface area contributed by atoms with Gasteiger partial charge in [0.25, 0.3) is 0 Å². The number of likely N-dealkylation sites (tertiary alicyclic amines) is 1. The number of carbonyl (C=O) groups is 1. The third-order valence-corrected chi connectivity index (χ3v) is 3.04. The van der Waals surface area contributed by atoms with Crippen molar-refractivity contribution < 1.29 is 9.90 Å². The van der Waals surface area contributed by atoms with Crippen LogP contribution in [-0.4, -0.2) is 48.7 Å². The fourth-order valence-electron chi connectivity index (χ4n) is 2.00. The maximum Gasteiger partial charge on any atom is 0.303 e. The molecule has 0 radical (unpaired) electrons. The summed E-state index contributed by atoms with van der Waals surface area (Å²) in [5.74, 6) is 0.0338. The molecule has 15 heavy (non-hydrogen) atoms. The quantitative estimate of drug-likeness (QED) is 0.686. The number of rotatable bonds is 6. The average molecular weight is 214 g/mol. The average Bonchev–Trinajstić information content (AvgIpc) is 2.58. The van der Waals surface area contributed by atoms with Gasteiger partial charge in [-0.05, 0) is 45.8 Å². The summed E-state index contributed by atoms with van der Waals surface area (Å²) in [5.41, 5.74) is 0. The van der Waals surface area contributed by atoms with Crippen LogP contribution in [0.4, 0.5) is 0 Å². The lowest BCUT2D eigenvalue weighted by Crippen LogP contribution is -2.32. The van der Waals surface area contributed by atoms with E-state index < -0.39 is 5.97 Å². The Balaban J connectivity index is 2.06. The van der Waals surface area contributed by atoms with Crippen molar-refractivity contribution in [1.82, 2.24) is 10.2 Å². The Kier molecular flexibility index (Phi) is 5.05. The lowest BCUT2D eigenvalue weighted by molar-refractivity contribution is -0.137. The van der Waals surface area contributed by atoms with E-state index in [4.69, 9.17) is 5.11 Å². The van der Waals surface area contributed by atoms with E-state index in [9.17, 15) is 4.79 Å². The second-order valence-corrected chi connectivity index (χ2v) is 4.66. The topological polar surface area (TPSA) is 52.6 Å². The van der Waals surface area contributed by atoms with Crippen LogP contribution < -0.4 is 5.32 Å². The van der Waals surface area contributed by atoms with Gasteiger partial charge in [-0.25, -0.2) is 0 Å². The minimum Gasteiger partial charge on any atom is -0.481 e. The highest BCUT2D eigenvalue weighted by Crippen LogP contribution is 2.13. The first-order valence-electron chi connectivity index (χ1n) is 5.71. The second kappa shape index (κ2) is 6.08. The molecule has 1 aliphatic rings. The number of nitrogens with zero attached hydrogens (tertiary/aromatic N) is 1. The van der Waals surface area contributed by atoms with E-state index >= 15 is 0 Å². The Morgan fingerprint density at radius 3 is 2.93 bits per heavy atom. The zero-order valence-electron chi connectivity index (χ0n) is 9.70. The summed E-state index contributed by atoms with van der Waals surface area (Å²) >= 11 is 0. The molecule has 1 saturated heterocycles. The Labute approximate surface area is 91.6 Å². The van der Waals surface area contributed by atoms with Crippen molar-refractivity contribution in [2.45, 2.75) is 32.2 Å². The molecular weight excluding hydrogens is 192 g/mol. The molecule has 0 aromatic rings. The van der Waals surface area contributed by atoms with Gasteiger partial charge in [0.1, 0.15) is 0 Å². The first kappa shape index (κ1) is 12.5. The number of carboxylic acids is 1. The summed E-state index contributed by atoms with van der Waals surface area (Å²) in [6.45, 7) is 5.43. The standard InChI is InChI=1S/C11H22N2O2/c1-9(3-4-11(14)15)12-7-10-5-6-13(2)8-10/h9-10,12H,3-8H2,1-2H3,(H,14,15). The Bertz CT molecular complexity index is 209. The highest BCUT2D eigenvalue weighted by molar-refractivity contribution is 5.66. The largest absolute Gasteiger partial charge is 0.481 e. The van der Waals surface area contributed by atoms with Crippen LogP contribution in [0.25, 0.3) is 0 Å². The molecule has 88 valence electrons. The molecule has 2 unspecified atom stereocenters. The van der Waals surface area contributed by atoms with Crippen molar-refractivity contribution in [3.05, 3.63) is 0 Å². The van der Waals surface area contributed by atoms with Gasteiger partial charge < -0.3 is 15.3 Å². The molecule has 0 spiro atoms. The summed E-state index contributed by atoms with van der Waals surface area (Å²) in [7, 11) is 2.15. The summed E-state index contributed by atoms with van der Waals surface area (Å²) in [6, 6.07) is 0.312. The van der Waals surface area contributed by atoms with Crippen LogP contribution in [0, 0.1) is 5.92 Å². The van der Waals surface area contributed by atoms with Crippen molar-refractivity contribution in [1.29, 1.82) is 0 Å². The van der Waals surface area contributed by atoms with Gasteiger partial charge in [0.2, 0.25) is 0 Å². The maximum absolute atomic E-state index is 10.4.